The van der Waals surface area contributed by atoms with Gasteiger partial charge in [-0.25, -0.2) is 0 Å². The van der Waals surface area contributed by atoms with Gasteiger partial charge in [0.1, 0.15) is 0 Å². The predicted octanol–water partition coefficient (Wildman–Crippen LogP) is 1.63. The zero-order valence-corrected chi connectivity index (χ0v) is 7.81. The summed E-state index contributed by atoms with van der Waals surface area (Å²) in [7, 11) is 0. The smallest absolute Gasteiger partial charge is 0.307 e. The molecule has 0 bridgehead atoms. The average molecular weight is 191 g/mol. The second-order valence-corrected chi connectivity index (χ2v) is 2.90. The van der Waals surface area contributed by atoms with Crippen LogP contribution in [0.25, 0.3) is 6.08 Å². The summed E-state index contributed by atoms with van der Waals surface area (Å²) in [6.07, 6.45) is 3.45. The summed E-state index contributed by atoms with van der Waals surface area (Å²) in [6.45, 7) is 0.466. The van der Waals surface area contributed by atoms with E-state index in [2.05, 4.69) is 0 Å². The minimum Gasteiger partial charge on any atom is -0.481 e. The van der Waals surface area contributed by atoms with Crippen LogP contribution in [0.3, 0.4) is 0 Å². The van der Waals surface area contributed by atoms with Crippen LogP contribution in [0.5, 0.6) is 0 Å². The highest BCUT2D eigenvalue weighted by Gasteiger charge is 1.95. The van der Waals surface area contributed by atoms with Crippen LogP contribution in [-0.4, -0.2) is 11.1 Å². The van der Waals surface area contributed by atoms with E-state index in [0.717, 1.165) is 11.1 Å². The van der Waals surface area contributed by atoms with Crippen molar-refractivity contribution in [2.75, 3.05) is 0 Å². The first kappa shape index (κ1) is 10.5. The third-order valence-corrected chi connectivity index (χ3v) is 1.86. The van der Waals surface area contributed by atoms with E-state index in [9.17, 15) is 4.79 Å². The molecule has 0 atom stereocenters. The van der Waals surface area contributed by atoms with Crippen LogP contribution in [0, 0.1) is 0 Å². The third-order valence-electron chi connectivity index (χ3n) is 1.86. The molecule has 3 heteroatoms. The minimum atomic E-state index is -0.827. The maximum atomic E-state index is 10.3. The van der Waals surface area contributed by atoms with E-state index in [1.807, 2.05) is 24.3 Å². The summed E-state index contributed by atoms with van der Waals surface area (Å²) in [5.41, 5.74) is 7.54. The van der Waals surface area contributed by atoms with Crippen LogP contribution in [0.4, 0.5) is 0 Å². The van der Waals surface area contributed by atoms with Crippen LogP contribution in [0.2, 0.25) is 0 Å². The Balaban J connectivity index is 2.75. The van der Waals surface area contributed by atoms with E-state index in [1.165, 1.54) is 0 Å². The lowest BCUT2D eigenvalue weighted by Gasteiger charge is -2.01. The van der Waals surface area contributed by atoms with Gasteiger partial charge in [-0.1, -0.05) is 36.4 Å². The van der Waals surface area contributed by atoms with Crippen LogP contribution in [0.1, 0.15) is 17.5 Å². The van der Waals surface area contributed by atoms with Crippen molar-refractivity contribution in [3.63, 3.8) is 0 Å². The Morgan fingerprint density at radius 2 is 2.14 bits per heavy atom. The Labute approximate surface area is 82.9 Å². The topological polar surface area (TPSA) is 63.3 Å². The standard InChI is InChI=1S/C11H13NO2/c12-8-10-5-2-1-4-9(10)6-3-7-11(13)14/h1-6H,7-8,12H2,(H,13,14)/b6-3+. The number of carbonyl (C=O) groups is 1. The molecule has 74 valence electrons. The molecule has 1 rings (SSSR count). The van der Waals surface area contributed by atoms with Crippen molar-refractivity contribution in [3.05, 3.63) is 41.5 Å². The molecule has 0 aliphatic carbocycles. The van der Waals surface area contributed by atoms with Gasteiger partial charge in [-0.3, -0.25) is 4.79 Å². The van der Waals surface area contributed by atoms with E-state index in [1.54, 1.807) is 12.2 Å². The molecule has 0 amide bonds. The van der Waals surface area contributed by atoms with Gasteiger partial charge in [0.05, 0.1) is 6.42 Å². The Morgan fingerprint density at radius 3 is 2.79 bits per heavy atom. The van der Waals surface area contributed by atoms with E-state index in [4.69, 9.17) is 10.8 Å². The van der Waals surface area contributed by atoms with Gasteiger partial charge in [0.15, 0.2) is 0 Å². The van der Waals surface area contributed by atoms with Crippen molar-refractivity contribution < 1.29 is 9.90 Å². The van der Waals surface area contributed by atoms with Gasteiger partial charge in [0.25, 0.3) is 0 Å². The summed E-state index contributed by atoms with van der Waals surface area (Å²) in [4.78, 5) is 10.3. The van der Waals surface area contributed by atoms with Crippen LogP contribution in [-0.2, 0) is 11.3 Å². The third kappa shape index (κ3) is 3.03. The van der Waals surface area contributed by atoms with Gasteiger partial charge in [-0.2, -0.15) is 0 Å². The highest BCUT2D eigenvalue weighted by Crippen LogP contribution is 2.09. The molecule has 3 N–H and O–H groups in total. The van der Waals surface area contributed by atoms with Crippen molar-refractivity contribution in [1.29, 1.82) is 0 Å². The van der Waals surface area contributed by atoms with Crippen molar-refractivity contribution >= 4 is 12.0 Å². The first-order valence-electron chi connectivity index (χ1n) is 4.40. The van der Waals surface area contributed by atoms with Crippen molar-refractivity contribution in [1.82, 2.24) is 0 Å². The summed E-state index contributed by atoms with van der Waals surface area (Å²) >= 11 is 0. The molecule has 14 heavy (non-hydrogen) atoms. The lowest BCUT2D eigenvalue weighted by Crippen LogP contribution is -1.98. The number of carboxylic acids is 1. The van der Waals surface area contributed by atoms with Crippen molar-refractivity contribution in [3.8, 4) is 0 Å². The van der Waals surface area contributed by atoms with E-state index < -0.39 is 5.97 Å². The lowest BCUT2D eigenvalue weighted by atomic mass is 10.1. The van der Waals surface area contributed by atoms with E-state index >= 15 is 0 Å². The first-order valence-corrected chi connectivity index (χ1v) is 4.40. The molecule has 0 aromatic heterocycles. The Hall–Kier alpha value is -1.61. The van der Waals surface area contributed by atoms with E-state index in [-0.39, 0.29) is 6.42 Å². The summed E-state index contributed by atoms with van der Waals surface area (Å²) in [5.74, 6) is -0.827. The fourth-order valence-electron chi connectivity index (χ4n) is 1.17. The van der Waals surface area contributed by atoms with E-state index in [0.29, 0.717) is 6.54 Å². The average Bonchev–Trinajstić information content (AvgIpc) is 2.18. The Kier molecular flexibility index (Phi) is 3.88. The van der Waals surface area contributed by atoms with Gasteiger partial charge in [0, 0.05) is 6.54 Å². The van der Waals surface area contributed by atoms with Crippen LogP contribution >= 0.6 is 0 Å². The molecular weight excluding hydrogens is 178 g/mol. The molecular formula is C11H13NO2. The molecule has 1 aromatic rings. The molecule has 0 aliphatic rings. The number of rotatable bonds is 4. The molecule has 0 aliphatic heterocycles. The summed E-state index contributed by atoms with van der Waals surface area (Å²) < 4.78 is 0. The number of benzene rings is 1. The predicted molar refractivity (Wildman–Crippen MR) is 55.6 cm³/mol. The monoisotopic (exact) mass is 191 g/mol. The Morgan fingerprint density at radius 1 is 1.43 bits per heavy atom. The normalized spacial score (nSPS) is 10.6. The van der Waals surface area contributed by atoms with Gasteiger partial charge in [0.2, 0.25) is 0 Å². The molecule has 1 aromatic carbocycles. The molecule has 0 heterocycles. The lowest BCUT2D eigenvalue weighted by molar-refractivity contribution is -0.135. The van der Waals surface area contributed by atoms with Gasteiger partial charge < -0.3 is 10.8 Å². The van der Waals surface area contributed by atoms with Gasteiger partial charge in [-0.15, -0.1) is 0 Å². The quantitative estimate of drug-likeness (QED) is 0.760. The highest BCUT2D eigenvalue weighted by atomic mass is 16.4. The zero-order valence-electron chi connectivity index (χ0n) is 7.81. The second kappa shape index (κ2) is 5.19. The van der Waals surface area contributed by atoms with Gasteiger partial charge >= 0.3 is 5.97 Å². The minimum absolute atomic E-state index is 0.0406. The molecule has 0 radical (unpaired) electrons. The molecule has 0 spiro atoms. The van der Waals surface area contributed by atoms with Crippen molar-refractivity contribution in [2.24, 2.45) is 5.73 Å². The molecule has 0 unspecified atom stereocenters. The summed E-state index contributed by atoms with van der Waals surface area (Å²) in [6, 6.07) is 7.66. The Bertz CT molecular complexity index is 345. The largest absolute Gasteiger partial charge is 0.481 e. The first-order chi connectivity index (χ1) is 6.74. The number of hydrogen-bond acceptors (Lipinski definition) is 2. The second-order valence-electron chi connectivity index (χ2n) is 2.90. The molecule has 3 nitrogen and oxygen atoms in total. The number of hydrogen-bond donors (Lipinski definition) is 2. The maximum Gasteiger partial charge on any atom is 0.307 e. The van der Waals surface area contributed by atoms with Crippen molar-refractivity contribution in [2.45, 2.75) is 13.0 Å². The summed E-state index contributed by atoms with van der Waals surface area (Å²) in [5, 5.41) is 8.44. The number of aliphatic carboxylic acids is 1. The zero-order chi connectivity index (χ0) is 10.4. The SMILES string of the molecule is NCc1ccccc1/C=C/CC(=O)O. The number of nitrogens with two attached hydrogens (primary N) is 1. The molecule has 0 saturated heterocycles. The maximum absolute atomic E-state index is 10.3. The highest BCUT2D eigenvalue weighted by molar-refractivity contribution is 5.70. The van der Waals surface area contributed by atoms with Crippen LogP contribution < -0.4 is 5.73 Å². The van der Waals surface area contributed by atoms with Crippen LogP contribution in [0.15, 0.2) is 30.3 Å². The van der Waals surface area contributed by atoms with Gasteiger partial charge in [-0.05, 0) is 11.1 Å². The fraction of sp³-hybridized carbons (Fsp3) is 0.182. The number of carboxylic acid groups (broad SMARTS) is 1. The molecule has 0 fully saturated rings. The fourth-order valence-corrected chi connectivity index (χ4v) is 1.17. The molecule has 0 saturated carbocycles.